The lowest BCUT2D eigenvalue weighted by molar-refractivity contribution is -0.149. The van der Waals surface area contributed by atoms with Crippen molar-refractivity contribution in [3.8, 4) is 0 Å². The molecule has 1 saturated heterocycles. The normalized spacial score (nSPS) is 21.7. The number of pyridine rings is 1. The number of carboxylic acids is 1. The predicted octanol–water partition coefficient (Wildman–Crippen LogP) is 0.414. The topological polar surface area (TPSA) is 108 Å². The third kappa shape index (κ3) is 3.73. The van der Waals surface area contributed by atoms with E-state index in [0.717, 1.165) is 4.31 Å². The number of amides is 1. The Balaban J connectivity index is 2.10. The van der Waals surface area contributed by atoms with E-state index in [1.54, 1.807) is 6.92 Å². The van der Waals surface area contributed by atoms with Crippen LogP contribution in [0.4, 0.5) is 0 Å². The summed E-state index contributed by atoms with van der Waals surface area (Å²) >= 11 is 0. The Morgan fingerprint density at radius 2 is 2.17 bits per heavy atom. The summed E-state index contributed by atoms with van der Waals surface area (Å²) in [5.74, 6) is -1.96. The summed E-state index contributed by atoms with van der Waals surface area (Å²) in [5.41, 5.74) is 0. The highest BCUT2D eigenvalue weighted by Gasteiger charge is 2.36. The number of piperidine rings is 1. The van der Waals surface area contributed by atoms with Gasteiger partial charge in [-0.05, 0) is 31.9 Å². The molecule has 8 nitrogen and oxygen atoms in total. The number of carbonyl (C=O) groups excluding carboxylic acids is 1. The molecule has 1 aliphatic rings. The van der Waals surface area contributed by atoms with Gasteiger partial charge in [0.05, 0.1) is 12.5 Å². The van der Waals surface area contributed by atoms with Gasteiger partial charge in [-0.25, -0.2) is 8.42 Å². The SMILES string of the molecule is C[C@@H]1[C@H](C(=O)O)CCCN1C(=O)CN(C)S(=O)(=O)c1cccnc1. The van der Waals surface area contributed by atoms with E-state index in [-0.39, 0.29) is 11.4 Å². The van der Waals surface area contributed by atoms with Gasteiger partial charge >= 0.3 is 5.97 Å². The van der Waals surface area contributed by atoms with Crippen molar-refractivity contribution in [2.24, 2.45) is 5.92 Å². The minimum atomic E-state index is -3.81. The van der Waals surface area contributed by atoms with Crippen molar-refractivity contribution in [3.05, 3.63) is 24.5 Å². The summed E-state index contributed by atoms with van der Waals surface area (Å²) in [5, 5.41) is 9.22. The highest BCUT2D eigenvalue weighted by Crippen LogP contribution is 2.24. The minimum absolute atomic E-state index is 0.00963. The highest BCUT2D eigenvalue weighted by molar-refractivity contribution is 7.89. The Bertz CT molecular complexity index is 707. The molecule has 0 aliphatic carbocycles. The molecular formula is C15H21N3O5S. The van der Waals surface area contributed by atoms with Crippen LogP contribution in [0.25, 0.3) is 0 Å². The van der Waals surface area contributed by atoms with Gasteiger partial charge in [0, 0.05) is 32.0 Å². The van der Waals surface area contributed by atoms with E-state index in [0.29, 0.717) is 19.4 Å². The van der Waals surface area contributed by atoms with E-state index in [1.807, 2.05) is 0 Å². The summed E-state index contributed by atoms with van der Waals surface area (Å²) < 4.78 is 25.8. The number of aromatic nitrogens is 1. The maximum atomic E-state index is 12.5. The van der Waals surface area contributed by atoms with E-state index in [1.165, 1.54) is 36.5 Å². The summed E-state index contributed by atoms with van der Waals surface area (Å²) in [6, 6.07) is 2.46. The first-order valence-electron chi connectivity index (χ1n) is 7.63. The zero-order valence-corrected chi connectivity index (χ0v) is 14.4. The first-order valence-corrected chi connectivity index (χ1v) is 9.08. The molecule has 132 valence electrons. The molecule has 0 saturated carbocycles. The van der Waals surface area contributed by atoms with Gasteiger partial charge in [0.1, 0.15) is 4.90 Å². The minimum Gasteiger partial charge on any atom is -0.481 e. The summed E-state index contributed by atoms with van der Waals surface area (Å²) in [6.07, 6.45) is 3.79. The van der Waals surface area contributed by atoms with Crippen LogP contribution in [0.2, 0.25) is 0 Å². The van der Waals surface area contributed by atoms with Crippen molar-refractivity contribution >= 4 is 21.9 Å². The molecule has 9 heteroatoms. The third-order valence-corrected chi connectivity index (χ3v) is 6.11. The number of aliphatic carboxylic acids is 1. The van der Waals surface area contributed by atoms with Gasteiger partial charge in [0.2, 0.25) is 15.9 Å². The van der Waals surface area contributed by atoms with Gasteiger partial charge < -0.3 is 10.0 Å². The second-order valence-electron chi connectivity index (χ2n) is 5.86. The molecule has 0 bridgehead atoms. The highest BCUT2D eigenvalue weighted by atomic mass is 32.2. The number of nitrogens with zero attached hydrogens (tertiary/aromatic N) is 3. The van der Waals surface area contributed by atoms with Crippen LogP contribution in [0.5, 0.6) is 0 Å². The van der Waals surface area contributed by atoms with Gasteiger partial charge in [-0.1, -0.05) is 0 Å². The predicted molar refractivity (Wildman–Crippen MR) is 85.6 cm³/mol. The average molecular weight is 355 g/mol. The number of likely N-dealkylation sites (tertiary alicyclic amines) is 1. The number of carboxylic acid groups (broad SMARTS) is 1. The number of rotatable bonds is 5. The fraction of sp³-hybridized carbons (Fsp3) is 0.533. The zero-order chi connectivity index (χ0) is 17.9. The summed E-state index contributed by atoms with van der Waals surface area (Å²) in [7, 11) is -2.49. The Morgan fingerprint density at radius 1 is 1.46 bits per heavy atom. The first-order chi connectivity index (χ1) is 11.2. The van der Waals surface area contributed by atoms with Crippen molar-refractivity contribution in [2.75, 3.05) is 20.1 Å². The molecule has 0 radical (unpaired) electrons. The number of hydrogen-bond donors (Lipinski definition) is 1. The molecule has 0 unspecified atom stereocenters. The summed E-state index contributed by atoms with van der Waals surface area (Å²) in [6.45, 7) is 1.78. The van der Waals surface area contributed by atoms with Gasteiger partial charge in [0.15, 0.2) is 0 Å². The van der Waals surface area contributed by atoms with Crippen LogP contribution in [0.1, 0.15) is 19.8 Å². The van der Waals surface area contributed by atoms with Crippen molar-refractivity contribution < 1.29 is 23.1 Å². The van der Waals surface area contributed by atoms with Crippen molar-refractivity contribution in [2.45, 2.75) is 30.7 Å². The van der Waals surface area contributed by atoms with Gasteiger partial charge in [-0.2, -0.15) is 4.31 Å². The molecule has 1 aliphatic heterocycles. The molecule has 2 heterocycles. The zero-order valence-electron chi connectivity index (χ0n) is 13.6. The van der Waals surface area contributed by atoms with Crippen LogP contribution < -0.4 is 0 Å². The van der Waals surface area contributed by atoms with E-state index in [4.69, 9.17) is 0 Å². The molecule has 1 fully saturated rings. The smallest absolute Gasteiger partial charge is 0.308 e. The van der Waals surface area contributed by atoms with Gasteiger partial charge in [0.25, 0.3) is 0 Å². The molecule has 0 spiro atoms. The van der Waals surface area contributed by atoms with Crippen LogP contribution in [0.3, 0.4) is 0 Å². The third-order valence-electron chi connectivity index (χ3n) is 4.33. The average Bonchev–Trinajstić information content (AvgIpc) is 2.55. The van der Waals surface area contributed by atoms with Crippen molar-refractivity contribution in [1.82, 2.24) is 14.2 Å². The van der Waals surface area contributed by atoms with Crippen LogP contribution in [0.15, 0.2) is 29.4 Å². The van der Waals surface area contributed by atoms with Crippen molar-refractivity contribution in [1.29, 1.82) is 0 Å². The molecule has 1 amide bonds. The largest absolute Gasteiger partial charge is 0.481 e. The molecule has 1 N–H and O–H groups in total. The second-order valence-corrected chi connectivity index (χ2v) is 7.91. The Hall–Kier alpha value is -2.00. The lowest BCUT2D eigenvalue weighted by Gasteiger charge is -2.38. The molecule has 1 aromatic rings. The van der Waals surface area contributed by atoms with E-state index in [9.17, 15) is 23.1 Å². The van der Waals surface area contributed by atoms with E-state index < -0.39 is 33.9 Å². The number of carbonyl (C=O) groups is 2. The van der Waals surface area contributed by atoms with E-state index in [2.05, 4.69) is 4.98 Å². The molecular weight excluding hydrogens is 334 g/mol. The summed E-state index contributed by atoms with van der Waals surface area (Å²) in [4.78, 5) is 29.0. The molecule has 2 atom stereocenters. The second kappa shape index (κ2) is 7.27. The number of sulfonamides is 1. The monoisotopic (exact) mass is 355 g/mol. The molecule has 1 aromatic heterocycles. The fourth-order valence-corrected chi connectivity index (χ4v) is 3.96. The lowest BCUT2D eigenvalue weighted by atomic mass is 9.90. The van der Waals surface area contributed by atoms with Gasteiger partial charge in [-0.15, -0.1) is 0 Å². The van der Waals surface area contributed by atoms with Crippen molar-refractivity contribution in [3.63, 3.8) is 0 Å². The maximum absolute atomic E-state index is 12.5. The van der Waals surface area contributed by atoms with Crippen LogP contribution in [-0.2, 0) is 19.6 Å². The van der Waals surface area contributed by atoms with Crippen LogP contribution in [0, 0.1) is 5.92 Å². The first kappa shape index (κ1) is 18.3. The maximum Gasteiger partial charge on any atom is 0.308 e. The molecule has 24 heavy (non-hydrogen) atoms. The Labute approximate surface area is 141 Å². The van der Waals surface area contributed by atoms with E-state index >= 15 is 0 Å². The molecule has 2 rings (SSSR count). The Morgan fingerprint density at radius 3 is 2.75 bits per heavy atom. The van der Waals surface area contributed by atoms with Crippen LogP contribution in [-0.4, -0.2) is 65.8 Å². The molecule has 0 aromatic carbocycles. The number of likely N-dealkylation sites (N-methyl/N-ethyl adjacent to an activating group) is 1. The number of hydrogen-bond acceptors (Lipinski definition) is 5. The van der Waals surface area contributed by atoms with Crippen LogP contribution >= 0.6 is 0 Å². The lowest BCUT2D eigenvalue weighted by Crippen LogP contribution is -2.52. The Kier molecular flexibility index (Phi) is 5.55. The standard InChI is InChI=1S/C15H21N3O5S/c1-11-13(15(20)21)6-4-8-18(11)14(19)10-17(2)24(22,23)12-5-3-7-16-9-12/h3,5,7,9,11,13H,4,6,8,10H2,1-2H3,(H,20,21)/t11-,13-/m1/s1. The van der Waals surface area contributed by atoms with Gasteiger partial charge in [-0.3, -0.25) is 14.6 Å². The fourth-order valence-electron chi connectivity index (χ4n) is 2.87. The quantitative estimate of drug-likeness (QED) is 0.820.